The SMILES string of the molecule is COc1cc(/C=N/NC(=O)c2cc(C)[nH]n2)cc(Br)c1O. The molecule has 21 heavy (non-hydrogen) atoms. The number of ether oxygens (including phenoxy) is 1. The number of benzene rings is 1. The summed E-state index contributed by atoms with van der Waals surface area (Å²) in [6.07, 6.45) is 1.43. The molecule has 0 spiro atoms. The topological polar surface area (TPSA) is 99.6 Å². The van der Waals surface area contributed by atoms with Gasteiger partial charge in [0.05, 0.1) is 17.8 Å². The maximum atomic E-state index is 11.7. The first kappa shape index (κ1) is 15.0. The van der Waals surface area contributed by atoms with Gasteiger partial charge in [0.15, 0.2) is 17.2 Å². The number of carbonyl (C=O) groups excluding carboxylic acids is 1. The van der Waals surface area contributed by atoms with Gasteiger partial charge in [-0.1, -0.05) is 0 Å². The van der Waals surface area contributed by atoms with Gasteiger partial charge in [-0.3, -0.25) is 9.89 Å². The summed E-state index contributed by atoms with van der Waals surface area (Å²) in [6.45, 7) is 1.80. The van der Waals surface area contributed by atoms with Crippen molar-refractivity contribution in [3.63, 3.8) is 0 Å². The Balaban J connectivity index is 2.08. The second-order valence-electron chi connectivity index (χ2n) is 4.19. The van der Waals surface area contributed by atoms with Crippen LogP contribution in [0.25, 0.3) is 0 Å². The zero-order valence-corrected chi connectivity index (χ0v) is 12.9. The molecule has 110 valence electrons. The van der Waals surface area contributed by atoms with Crippen molar-refractivity contribution in [3.8, 4) is 11.5 Å². The highest BCUT2D eigenvalue weighted by molar-refractivity contribution is 9.10. The molecule has 0 bridgehead atoms. The molecule has 0 fully saturated rings. The van der Waals surface area contributed by atoms with Gasteiger partial charge in [-0.15, -0.1) is 0 Å². The maximum Gasteiger partial charge on any atom is 0.291 e. The van der Waals surface area contributed by atoms with Crippen LogP contribution in [0.1, 0.15) is 21.7 Å². The van der Waals surface area contributed by atoms with Gasteiger partial charge in [0.2, 0.25) is 0 Å². The zero-order chi connectivity index (χ0) is 15.4. The van der Waals surface area contributed by atoms with Crippen LogP contribution in [0.15, 0.2) is 27.8 Å². The number of hydrogen-bond acceptors (Lipinski definition) is 5. The van der Waals surface area contributed by atoms with Crippen molar-refractivity contribution in [1.29, 1.82) is 0 Å². The van der Waals surface area contributed by atoms with Crippen molar-refractivity contribution < 1.29 is 14.6 Å². The smallest absolute Gasteiger partial charge is 0.291 e. The van der Waals surface area contributed by atoms with E-state index in [1.54, 1.807) is 25.1 Å². The fourth-order valence-corrected chi connectivity index (χ4v) is 2.04. The van der Waals surface area contributed by atoms with Gasteiger partial charge in [0.1, 0.15) is 0 Å². The predicted octanol–water partition coefficient (Wildman–Crippen LogP) is 1.96. The number of rotatable bonds is 4. The molecule has 1 heterocycles. The Morgan fingerprint density at radius 3 is 2.90 bits per heavy atom. The number of aryl methyl sites for hydroxylation is 1. The molecule has 2 rings (SSSR count). The van der Waals surface area contributed by atoms with E-state index in [1.165, 1.54) is 13.3 Å². The lowest BCUT2D eigenvalue weighted by atomic mass is 10.2. The Labute approximate surface area is 129 Å². The molecule has 0 radical (unpaired) electrons. The number of aromatic hydroxyl groups is 1. The summed E-state index contributed by atoms with van der Waals surface area (Å²) in [5.74, 6) is -0.105. The highest BCUT2D eigenvalue weighted by atomic mass is 79.9. The maximum absolute atomic E-state index is 11.7. The predicted molar refractivity (Wildman–Crippen MR) is 80.7 cm³/mol. The lowest BCUT2D eigenvalue weighted by Crippen LogP contribution is -2.18. The van der Waals surface area contributed by atoms with Crippen molar-refractivity contribution in [3.05, 3.63) is 39.6 Å². The van der Waals surface area contributed by atoms with E-state index in [9.17, 15) is 9.90 Å². The molecule has 2 aromatic rings. The summed E-state index contributed by atoms with van der Waals surface area (Å²) < 4.78 is 5.49. The van der Waals surface area contributed by atoms with Crippen LogP contribution in [0.4, 0.5) is 0 Å². The van der Waals surface area contributed by atoms with Crippen molar-refractivity contribution >= 4 is 28.1 Å². The molecule has 0 aliphatic heterocycles. The summed E-state index contributed by atoms with van der Waals surface area (Å²) in [5, 5.41) is 20.0. The Morgan fingerprint density at radius 1 is 1.52 bits per heavy atom. The summed E-state index contributed by atoms with van der Waals surface area (Å²) in [6, 6.07) is 4.85. The number of phenolic OH excluding ortho intramolecular Hbond substituents is 1. The molecule has 7 nitrogen and oxygen atoms in total. The van der Waals surface area contributed by atoms with Crippen molar-refractivity contribution in [1.82, 2.24) is 15.6 Å². The Hall–Kier alpha value is -2.35. The summed E-state index contributed by atoms with van der Waals surface area (Å²) in [7, 11) is 1.45. The molecular weight excluding hydrogens is 340 g/mol. The summed E-state index contributed by atoms with van der Waals surface area (Å²) in [5.41, 5.74) is 4.06. The Kier molecular flexibility index (Phi) is 4.59. The molecule has 0 aliphatic carbocycles. The number of aromatic amines is 1. The van der Waals surface area contributed by atoms with E-state index in [0.29, 0.717) is 15.8 Å². The number of nitrogens with one attached hydrogen (secondary N) is 2. The van der Waals surface area contributed by atoms with Crippen LogP contribution in [0.5, 0.6) is 11.5 Å². The molecule has 0 saturated carbocycles. The average Bonchev–Trinajstić information content (AvgIpc) is 2.89. The van der Waals surface area contributed by atoms with Crippen LogP contribution in [-0.2, 0) is 0 Å². The molecule has 3 N–H and O–H groups in total. The number of aromatic nitrogens is 2. The molecule has 1 amide bonds. The van der Waals surface area contributed by atoms with Crippen LogP contribution in [0.3, 0.4) is 0 Å². The number of H-pyrrole nitrogens is 1. The van der Waals surface area contributed by atoms with Crippen LogP contribution < -0.4 is 10.2 Å². The monoisotopic (exact) mass is 352 g/mol. The van der Waals surface area contributed by atoms with E-state index in [4.69, 9.17) is 4.74 Å². The third-order valence-electron chi connectivity index (χ3n) is 2.59. The lowest BCUT2D eigenvalue weighted by Gasteiger charge is -2.06. The normalized spacial score (nSPS) is 10.8. The molecule has 1 aromatic heterocycles. The molecular formula is C13H13BrN4O3. The second-order valence-corrected chi connectivity index (χ2v) is 5.04. The van der Waals surface area contributed by atoms with Gasteiger partial charge in [0.25, 0.3) is 5.91 Å². The standard InChI is InChI=1S/C13H13BrN4O3/c1-7-3-10(17-16-7)13(20)18-15-6-8-4-9(14)12(19)11(5-8)21-2/h3-6,19H,1-2H3,(H,16,17)(H,18,20)/b15-6+. The first-order chi connectivity index (χ1) is 10.0. The number of methoxy groups -OCH3 is 1. The van der Waals surface area contributed by atoms with Crippen LogP contribution >= 0.6 is 15.9 Å². The largest absolute Gasteiger partial charge is 0.503 e. The zero-order valence-electron chi connectivity index (χ0n) is 11.3. The number of amides is 1. The van der Waals surface area contributed by atoms with Crippen molar-refractivity contribution in [2.75, 3.05) is 7.11 Å². The third kappa shape index (κ3) is 3.60. The molecule has 1 aromatic carbocycles. The number of hydrogen-bond donors (Lipinski definition) is 3. The van der Waals surface area contributed by atoms with Crippen LogP contribution in [0.2, 0.25) is 0 Å². The number of carbonyl (C=O) groups is 1. The van der Waals surface area contributed by atoms with E-state index in [0.717, 1.165) is 5.69 Å². The van der Waals surface area contributed by atoms with E-state index >= 15 is 0 Å². The van der Waals surface area contributed by atoms with Gasteiger partial charge in [0, 0.05) is 5.69 Å². The lowest BCUT2D eigenvalue weighted by molar-refractivity contribution is 0.0950. The minimum absolute atomic E-state index is 0.00526. The fourth-order valence-electron chi connectivity index (χ4n) is 1.58. The van der Waals surface area contributed by atoms with E-state index in [-0.39, 0.29) is 11.4 Å². The quantitative estimate of drug-likeness (QED) is 0.578. The van der Waals surface area contributed by atoms with E-state index < -0.39 is 5.91 Å². The van der Waals surface area contributed by atoms with Crippen molar-refractivity contribution in [2.45, 2.75) is 6.92 Å². The Bertz CT molecular complexity index is 697. The van der Waals surface area contributed by atoms with Gasteiger partial charge < -0.3 is 9.84 Å². The van der Waals surface area contributed by atoms with Crippen LogP contribution in [-0.4, -0.2) is 34.5 Å². The number of phenols is 1. The first-order valence-corrected chi connectivity index (χ1v) is 6.72. The molecule has 0 atom stereocenters. The van der Waals surface area contributed by atoms with Gasteiger partial charge in [-0.2, -0.15) is 10.2 Å². The van der Waals surface area contributed by atoms with Crippen LogP contribution in [0, 0.1) is 6.92 Å². The number of hydrazone groups is 1. The molecule has 8 heteroatoms. The molecule has 0 unspecified atom stereocenters. The average molecular weight is 353 g/mol. The molecule has 0 aliphatic rings. The van der Waals surface area contributed by atoms with Gasteiger partial charge >= 0.3 is 0 Å². The number of halogens is 1. The highest BCUT2D eigenvalue weighted by Gasteiger charge is 2.09. The Morgan fingerprint density at radius 2 is 2.29 bits per heavy atom. The summed E-state index contributed by atoms with van der Waals surface area (Å²) in [4.78, 5) is 11.7. The summed E-state index contributed by atoms with van der Waals surface area (Å²) >= 11 is 3.20. The minimum Gasteiger partial charge on any atom is -0.503 e. The van der Waals surface area contributed by atoms with Crippen molar-refractivity contribution in [2.24, 2.45) is 5.10 Å². The number of nitrogens with zero attached hydrogens (tertiary/aromatic N) is 2. The third-order valence-corrected chi connectivity index (χ3v) is 3.19. The van der Waals surface area contributed by atoms with Gasteiger partial charge in [-0.05, 0) is 46.6 Å². The second kappa shape index (κ2) is 6.40. The van der Waals surface area contributed by atoms with Gasteiger partial charge in [-0.25, -0.2) is 5.43 Å². The fraction of sp³-hybridized carbons (Fsp3) is 0.154. The first-order valence-electron chi connectivity index (χ1n) is 5.93. The minimum atomic E-state index is -0.416. The highest BCUT2D eigenvalue weighted by Crippen LogP contribution is 2.34. The van der Waals surface area contributed by atoms with E-state index in [2.05, 4.69) is 36.7 Å². The van der Waals surface area contributed by atoms with E-state index in [1.807, 2.05) is 0 Å². The molecule has 0 saturated heterocycles.